The summed E-state index contributed by atoms with van der Waals surface area (Å²) in [6, 6.07) is 0.430. The largest absolute Gasteiger partial charge is 0.321 e. The summed E-state index contributed by atoms with van der Waals surface area (Å²) in [5, 5.41) is 0.746. The van der Waals surface area contributed by atoms with Gasteiger partial charge in [-0.25, -0.2) is 0 Å². The topological polar surface area (TPSA) is 9.86 Å². The van der Waals surface area contributed by atoms with E-state index in [1.165, 1.54) is 0 Å². The number of nitrogens with zero attached hydrogens (tertiary/aromatic N) is 2. The molecule has 0 aliphatic rings. The molecule has 0 fully saturated rings. The van der Waals surface area contributed by atoms with Crippen LogP contribution in [0, 0.1) is 4.77 Å². The fourth-order valence-electron chi connectivity index (χ4n) is 0.927. The van der Waals surface area contributed by atoms with Gasteiger partial charge >= 0.3 is 0 Å². The Balaban J connectivity index is 2.97. The molecule has 1 rings (SSSR count). The van der Waals surface area contributed by atoms with Crippen molar-refractivity contribution in [2.75, 3.05) is 5.08 Å². The van der Waals surface area contributed by atoms with E-state index in [4.69, 9.17) is 12.2 Å². The quantitative estimate of drug-likeness (QED) is 0.477. The molecule has 12 heavy (non-hydrogen) atoms. The van der Waals surface area contributed by atoms with Gasteiger partial charge in [-0.15, -0.1) is 0 Å². The van der Waals surface area contributed by atoms with Crippen molar-refractivity contribution in [1.82, 2.24) is 8.54 Å². The van der Waals surface area contributed by atoms with Gasteiger partial charge in [0.15, 0.2) is 4.77 Å². The second-order valence-corrected chi connectivity index (χ2v) is 4.72. The standard InChI is InChI=1S/C7H12N2S3/c1-6(2)8-3-4-9(7(8)11)12-5-10/h3-4,6,10H,5H2,1-2H3. The Morgan fingerprint density at radius 2 is 2.25 bits per heavy atom. The normalized spacial score (nSPS) is 11.0. The first-order chi connectivity index (χ1) is 5.66. The van der Waals surface area contributed by atoms with Crippen LogP contribution in [-0.4, -0.2) is 13.6 Å². The van der Waals surface area contributed by atoms with Crippen molar-refractivity contribution in [2.24, 2.45) is 0 Å². The molecule has 0 saturated carbocycles. The lowest BCUT2D eigenvalue weighted by molar-refractivity contribution is 0.590. The van der Waals surface area contributed by atoms with Gasteiger partial charge in [0.1, 0.15) is 0 Å². The highest BCUT2D eigenvalue weighted by Crippen LogP contribution is 2.13. The first-order valence-corrected chi connectivity index (χ1v) is 5.68. The first-order valence-electron chi connectivity index (χ1n) is 3.70. The molecule has 0 saturated heterocycles. The highest BCUT2D eigenvalue weighted by molar-refractivity contribution is 8.08. The third-order valence-electron chi connectivity index (χ3n) is 1.53. The minimum absolute atomic E-state index is 0.430. The van der Waals surface area contributed by atoms with Crippen LogP contribution in [0.15, 0.2) is 12.4 Å². The molecule has 0 N–H and O–H groups in total. The zero-order chi connectivity index (χ0) is 9.14. The fourth-order valence-corrected chi connectivity index (χ4v) is 2.26. The van der Waals surface area contributed by atoms with E-state index in [0.29, 0.717) is 6.04 Å². The highest BCUT2D eigenvalue weighted by atomic mass is 32.2. The van der Waals surface area contributed by atoms with Crippen LogP contribution in [0.5, 0.6) is 0 Å². The molecule has 0 radical (unpaired) electrons. The van der Waals surface area contributed by atoms with Crippen LogP contribution in [0.3, 0.4) is 0 Å². The van der Waals surface area contributed by atoms with Crippen molar-refractivity contribution >= 4 is 36.8 Å². The summed E-state index contributed by atoms with van der Waals surface area (Å²) in [6.45, 7) is 4.23. The molecule has 0 unspecified atom stereocenters. The van der Waals surface area contributed by atoms with Crippen molar-refractivity contribution in [1.29, 1.82) is 0 Å². The summed E-state index contributed by atoms with van der Waals surface area (Å²) < 4.78 is 4.87. The van der Waals surface area contributed by atoms with Gasteiger partial charge in [-0.1, -0.05) is 0 Å². The molecular weight excluding hydrogens is 208 g/mol. The van der Waals surface area contributed by atoms with Crippen LogP contribution in [-0.2, 0) is 0 Å². The molecule has 0 bridgehead atoms. The van der Waals surface area contributed by atoms with Gasteiger partial charge in [0.2, 0.25) is 0 Å². The number of rotatable bonds is 3. The minimum atomic E-state index is 0.430. The van der Waals surface area contributed by atoms with Crippen LogP contribution >= 0.6 is 36.8 Å². The molecule has 0 atom stereocenters. The molecule has 0 aliphatic carbocycles. The summed E-state index contributed by atoms with van der Waals surface area (Å²) in [4.78, 5) is 0. The molecule has 5 heteroatoms. The third-order valence-corrected chi connectivity index (χ3v) is 3.08. The summed E-state index contributed by atoms with van der Waals surface area (Å²) in [5.41, 5.74) is 0. The molecule has 0 aliphatic heterocycles. The Hall–Kier alpha value is 0.130. The predicted molar refractivity (Wildman–Crippen MR) is 60.5 cm³/mol. The van der Waals surface area contributed by atoms with Crippen LogP contribution in [0.2, 0.25) is 0 Å². The zero-order valence-corrected chi connectivity index (χ0v) is 9.62. The lowest BCUT2D eigenvalue weighted by atomic mass is 10.4. The lowest BCUT2D eigenvalue weighted by Crippen LogP contribution is -1.99. The van der Waals surface area contributed by atoms with E-state index in [1.807, 2.05) is 16.4 Å². The number of thiol groups is 1. The van der Waals surface area contributed by atoms with E-state index in [0.717, 1.165) is 9.86 Å². The van der Waals surface area contributed by atoms with Crippen molar-refractivity contribution in [3.05, 3.63) is 17.2 Å². The predicted octanol–water partition coefficient (Wildman–Crippen LogP) is 2.98. The molecule has 2 nitrogen and oxygen atoms in total. The Morgan fingerprint density at radius 3 is 2.67 bits per heavy atom. The summed E-state index contributed by atoms with van der Waals surface area (Å²) in [7, 11) is 0. The second-order valence-electron chi connectivity index (χ2n) is 2.67. The Kier molecular flexibility index (Phi) is 3.74. The molecule has 68 valence electrons. The van der Waals surface area contributed by atoms with Gasteiger partial charge in [0.25, 0.3) is 0 Å². The average molecular weight is 220 g/mol. The SMILES string of the molecule is CC(C)n1ccn(SCS)c1=S. The maximum absolute atomic E-state index is 5.24. The number of hydrogen-bond acceptors (Lipinski definition) is 3. The van der Waals surface area contributed by atoms with E-state index in [9.17, 15) is 0 Å². The zero-order valence-electron chi connectivity index (χ0n) is 7.10. The van der Waals surface area contributed by atoms with Gasteiger partial charge < -0.3 is 4.57 Å². The second kappa shape index (κ2) is 4.39. The van der Waals surface area contributed by atoms with Crippen molar-refractivity contribution in [3.63, 3.8) is 0 Å². The van der Waals surface area contributed by atoms with Crippen molar-refractivity contribution < 1.29 is 0 Å². The Labute approximate surface area is 87.5 Å². The highest BCUT2D eigenvalue weighted by Gasteiger charge is 2.01. The van der Waals surface area contributed by atoms with Crippen LogP contribution < -0.4 is 0 Å². The minimum Gasteiger partial charge on any atom is -0.321 e. The van der Waals surface area contributed by atoms with Gasteiger partial charge in [0, 0.05) is 18.4 Å². The number of aromatic nitrogens is 2. The van der Waals surface area contributed by atoms with E-state index in [2.05, 4.69) is 31.0 Å². The van der Waals surface area contributed by atoms with Gasteiger partial charge in [-0.2, -0.15) is 12.6 Å². The summed E-state index contributed by atoms with van der Waals surface area (Å²) in [5.74, 6) is 0. The van der Waals surface area contributed by atoms with Crippen LogP contribution in [0.1, 0.15) is 19.9 Å². The molecule has 0 amide bonds. The Morgan fingerprint density at radius 1 is 1.58 bits per heavy atom. The van der Waals surface area contributed by atoms with E-state index >= 15 is 0 Å². The molecular formula is C7H12N2S3. The van der Waals surface area contributed by atoms with Crippen LogP contribution in [0.4, 0.5) is 0 Å². The monoisotopic (exact) mass is 220 g/mol. The maximum atomic E-state index is 5.24. The van der Waals surface area contributed by atoms with Gasteiger partial charge in [-0.3, -0.25) is 3.97 Å². The summed E-state index contributed by atoms with van der Waals surface area (Å²) >= 11 is 11.0. The molecule has 0 spiro atoms. The number of hydrogen-bond donors (Lipinski definition) is 1. The molecule has 1 aromatic heterocycles. The smallest absolute Gasteiger partial charge is 0.190 e. The van der Waals surface area contributed by atoms with Crippen LogP contribution in [0.25, 0.3) is 0 Å². The first kappa shape index (κ1) is 10.2. The maximum Gasteiger partial charge on any atom is 0.190 e. The fraction of sp³-hybridized carbons (Fsp3) is 0.571. The number of imidazole rings is 1. The third kappa shape index (κ3) is 2.08. The molecule has 0 aromatic carbocycles. The van der Waals surface area contributed by atoms with E-state index < -0.39 is 0 Å². The van der Waals surface area contributed by atoms with Gasteiger partial charge in [-0.05, 0) is 38.0 Å². The Bertz CT molecular complexity index is 300. The van der Waals surface area contributed by atoms with E-state index in [-0.39, 0.29) is 0 Å². The average Bonchev–Trinajstić information content (AvgIpc) is 2.34. The van der Waals surface area contributed by atoms with Crippen molar-refractivity contribution in [2.45, 2.75) is 19.9 Å². The molecule has 1 aromatic rings. The van der Waals surface area contributed by atoms with Gasteiger partial charge in [0.05, 0.1) is 5.08 Å². The van der Waals surface area contributed by atoms with Crippen molar-refractivity contribution in [3.8, 4) is 0 Å². The lowest BCUT2D eigenvalue weighted by Gasteiger charge is -2.05. The van der Waals surface area contributed by atoms with E-state index in [1.54, 1.807) is 11.9 Å². The summed E-state index contributed by atoms with van der Waals surface area (Å²) in [6.07, 6.45) is 3.98. The molecule has 1 heterocycles.